The molecule has 0 radical (unpaired) electrons. The molecule has 0 fully saturated rings. The summed E-state index contributed by atoms with van der Waals surface area (Å²) in [6.45, 7) is 2.22. The lowest BCUT2D eigenvalue weighted by Crippen LogP contribution is -1.97. The van der Waals surface area contributed by atoms with E-state index < -0.39 is 0 Å². The number of benzene rings is 1. The van der Waals surface area contributed by atoms with Gasteiger partial charge in [-0.2, -0.15) is 0 Å². The standard InChI is InChI=1S/C11H12S/c1-9-7-12-8-11(9)10-5-3-2-4-6-10/h2-7,11H,8H2,1H3. The maximum Gasteiger partial charge on any atom is 0.0147 e. The topological polar surface area (TPSA) is 0 Å². The zero-order valence-corrected chi connectivity index (χ0v) is 7.97. The van der Waals surface area contributed by atoms with Crippen molar-refractivity contribution in [3.63, 3.8) is 0 Å². The van der Waals surface area contributed by atoms with Crippen LogP contribution in [0.15, 0.2) is 41.3 Å². The van der Waals surface area contributed by atoms with Gasteiger partial charge in [-0.25, -0.2) is 0 Å². The van der Waals surface area contributed by atoms with E-state index in [9.17, 15) is 0 Å². The molecule has 62 valence electrons. The van der Waals surface area contributed by atoms with Crippen LogP contribution in [-0.2, 0) is 0 Å². The zero-order valence-electron chi connectivity index (χ0n) is 7.16. The lowest BCUT2D eigenvalue weighted by Gasteiger charge is -2.10. The number of thioether (sulfide) groups is 1. The smallest absolute Gasteiger partial charge is 0.0147 e. The summed E-state index contributed by atoms with van der Waals surface area (Å²) in [5, 5.41) is 2.28. The van der Waals surface area contributed by atoms with Crippen LogP contribution in [-0.4, -0.2) is 5.75 Å². The van der Waals surface area contributed by atoms with Crippen LogP contribution >= 0.6 is 11.8 Å². The Morgan fingerprint density at radius 1 is 1.25 bits per heavy atom. The highest BCUT2D eigenvalue weighted by atomic mass is 32.2. The Hall–Kier alpha value is -0.690. The Morgan fingerprint density at radius 2 is 2.00 bits per heavy atom. The van der Waals surface area contributed by atoms with Crippen molar-refractivity contribution in [1.82, 2.24) is 0 Å². The molecule has 0 bridgehead atoms. The first-order valence-corrected chi connectivity index (χ1v) is 5.26. The van der Waals surface area contributed by atoms with Gasteiger partial charge in [0.15, 0.2) is 0 Å². The molecule has 0 aliphatic carbocycles. The number of hydrogen-bond donors (Lipinski definition) is 0. The molecule has 0 N–H and O–H groups in total. The first kappa shape index (κ1) is 7.93. The molecule has 1 aromatic carbocycles. The fourth-order valence-corrected chi connectivity index (χ4v) is 2.71. The second-order valence-electron chi connectivity index (χ2n) is 3.16. The molecular weight excluding hydrogens is 164 g/mol. The third-order valence-corrected chi connectivity index (χ3v) is 3.35. The van der Waals surface area contributed by atoms with E-state index in [0.717, 1.165) is 0 Å². The quantitative estimate of drug-likeness (QED) is 0.631. The normalized spacial score (nSPS) is 22.4. The first-order valence-electron chi connectivity index (χ1n) is 4.21. The van der Waals surface area contributed by atoms with E-state index in [1.165, 1.54) is 16.9 Å². The van der Waals surface area contributed by atoms with Crippen molar-refractivity contribution in [2.75, 3.05) is 5.75 Å². The number of hydrogen-bond acceptors (Lipinski definition) is 1. The highest BCUT2D eigenvalue weighted by molar-refractivity contribution is 8.02. The van der Waals surface area contributed by atoms with Crippen LogP contribution in [0.1, 0.15) is 18.4 Å². The summed E-state index contributed by atoms with van der Waals surface area (Å²) >= 11 is 1.92. The average molecular weight is 176 g/mol. The average Bonchev–Trinajstić information content (AvgIpc) is 2.53. The van der Waals surface area contributed by atoms with Crippen molar-refractivity contribution in [3.8, 4) is 0 Å². The predicted octanol–water partition coefficient (Wildman–Crippen LogP) is 3.42. The monoisotopic (exact) mass is 176 g/mol. The third-order valence-electron chi connectivity index (χ3n) is 2.28. The van der Waals surface area contributed by atoms with Crippen molar-refractivity contribution >= 4 is 11.8 Å². The first-order chi connectivity index (χ1) is 5.88. The molecule has 1 unspecified atom stereocenters. The van der Waals surface area contributed by atoms with E-state index >= 15 is 0 Å². The van der Waals surface area contributed by atoms with Gasteiger partial charge in [-0.3, -0.25) is 0 Å². The molecule has 0 saturated carbocycles. The third kappa shape index (κ3) is 1.42. The molecule has 0 aromatic heterocycles. The Bertz CT molecular complexity index is 287. The van der Waals surface area contributed by atoms with Crippen LogP contribution in [0.5, 0.6) is 0 Å². The van der Waals surface area contributed by atoms with E-state index in [0.29, 0.717) is 5.92 Å². The largest absolute Gasteiger partial charge is 0.133 e. The van der Waals surface area contributed by atoms with Crippen molar-refractivity contribution in [2.45, 2.75) is 12.8 Å². The van der Waals surface area contributed by atoms with Gasteiger partial charge in [-0.05, 0) is 17.9 Å². The minimum absolute atomic E-state index is 0.663. The fourth-order valence-electron chi connectivity index (χ4n) is 1.53. The highest BCUT2D eigenvalue weighted by Crippen LogP contribution is 2.35. The Kier molecular flexibility index (Phi) is 2.22. The molecule has 0 nitrogen and oxygen atoms in total. The maximum atomic E-state index is 2.28. The molecule has 1 aromatic rings. The van der Waals surface area contributed by atoms with E-state index in [1.54, 1.807) is 0 Å². The molecule has 12 heavy (non-hydrogen) atoms. The minimum atomic E-state index is 0.663. The summed E-state index contributed by atoms with van der Waals surface area (Å²) in [6, 6.07) is 10.7. The maximum absolute atomic E-state index is 2.28. The second-order valence-corrected chi connectivity index (χ2v) is 4.06. The van der Waals surface area contributed by atoms with Crippen molar-refractivity contribution in [2.24, 2.45) is 0 Å². The summed E-state index contributed by atoms with van der Waals surface area (Å²) in [7, 11) is 0. The van der Waals surface area contributed by atoms with Gasteiger partial charge < -0.3 is 0 Å². The van der Waals surface area contributed by atoms with Crippen molar-refractivity contribution in [3.05, 3.63) is 46.9 Å². The molecule has 0 spiro atoms. The molecule has 0 saturated heterocycles. The molecule has 1 atom stereocenters. The van der Waals surface area contributed by atoms with E-state index in [4.69, 9.17) is 0 Å². The van der Waals surface area contributed by atoms with E-state index in [-0.39, 0.29) is 0 Å². The van der Waals surface area contributed by atoms with E-state index in [2.05, 4.69) is 42.7 Å². The van der Waals surface area contributed by atoms with Crippen LogP contribution in [0.3, 0.4) is 0 Å². The second kappa shape index (κ2) is 3.36. The van der Waals surface area contributed by atoms with Gasteiger partial charge in [0.05, 0.1) is 0 Å². The Labute approximate surface area is 77.7 Å². The molecule has 1 heteroatoms. The summed E-state index contributed by atoms with van der Waals surface area (Å²) in [5.41, 5.74) is 2.96. The Balaban J connectivity index is 2.27. The van der Waals surface area contributed by atoms with Gasteiger partial charge in [0.1, 0.15) is 0 Å². The van der Waals surface area contributed by atoms with Gasteiger partial charge in [-0.15, -0.1) is 11.8 Å². The van der Waals surface area contributed by atoms with Gasteiger partial charge >= 0.3 is 0 Å². The molecule has 1 heterocycles. The van der Waals surface area contributed by atoms with Gasteiger partial charge in [-0.1, -0.05) is 35.9 Å². The molecule has 2 rings (SSSR count). The van der Waals surface area contributed by atoms with Crippen LogP contribution in [0.4, 0.5) is 0 Å². The SMILES string of the molecule is CC1=CSCC1c1ccccc1. The summed E-state index contributed by atoms with van der Waals surface area (Å²) in [6.07, 6.45) is 0. The fraction of sp³-hybridized carbons (Fsp3) is 0.273. The molecule has 0 amide bonds. The number of allylic oxidation sites excluding steroid dienone is 1. The zero-order chi connectivity index (χ0) is 8.39. The van der Waals surface area contributed by atoms with E-state index in [1.807, 2.05) is 11.8 Å². The summed E-state index contributed by atoms with van der Waals surface area (Å²) < 4.78 is 0. The van der Waals surface area contributed by atoms with Crippen molar-refractivity contribution < 1.29 is 0 Å². The predicted molar refractivity (Wildman–Crippen MR) is 55.4 cm³/mol. The number of rotatable bonds is 1. The van der Waals surface area contributed by atoms with Gasteiger partial charge in [0, 0.05) is 11.7 Å². The van der Waals surface area contributed by atoms with Gasteiger partial charge in [0.2, 0.25) is 0 Å². The van der Waals surface area contributed by atoms with Crippen LogP contribution in [0.2, 0.25) is 0 Å². The van der Waals surface area contributed by atoms with Crippen molar-refractivity contribution in [1.29, 1.82) is 0 Å². The Morgan fingerprint density at radius 3 is 2.58 bits per heavy atom. The molecule has 1 aliphatic heterocycles. The summed E-state index contributed by atoms with van der Waals surface area (Å²) in [5.74, 6) is 1.88. The molecule has 1 aliphatic rings. The lowest BCUT2D eigenvalue weighted by molar-refractivity contribution is 0.926. The highest BCUT2D eigenvalue weighted by Gasteiger charge is 2.17. The minimum Gasteiger partial charge on any atom is -0.133 e. The summed E-state index contributed by atoms with van der Waals surface area (Å²) in [4.78, 5) is 0. The van der Waals surface area contributed by atoms with Crippen LogP contribution in [0, 0.1) is 0 Å². The van der Waals surface area contributed by atoms with Crippen LogP contribution < -0.4 is 0 Å². The lowest BCUT2D eigenvalue weighted by atomic mass is 9.95. The molecular formula is C11H12S. The van der Waals surface area contributed by atoms with Gasteiger partial charge in [0.25, 0.3) is 0 Å². The van der Waals surface area contributed by atoms with Crippen LogP contribution in [0.25, 0.3) is 0 Å².